The molecule has 0 N–H and O–H groups in total. The summed E-state index contributed by atoms with van der Waals surface area (Å²) in [4.78, 5) is 28.4. The smallest absolute Gasteiger partial charge is 0.255 e. The molecule has 1 aromatic carbocycles. The summed E-state index contributed by atoms with van der Waals surface area (Å²) in [6.07, 6.45) is 6.61. The third-order valence-corrected chi connectivity index (χ3v) is 6.40. The average Bonchev–Trinajstić information content (AvgIpc) is 3.33. The standard InChI is InChI=1S/C24H23FN4O2/c1-14-4-7-22(28-13-14)31-21-11-16-10-20(21)29(15(16)2)24(30)18-6-5-17(25)12-19(18)23-26-8-3-9-27-23/h3-9,12-13,15-16,20-21H,10-11H2,1-2H3. The second kappa shape index (κ2) is 7.72. The van der Waals surface area contributed by atoms with E-state index in [4.69, 9.17) is 4.74 Å². The molecule has 5 rings (SSSR count). The molecule has 158 valence electrons. The minimum absolute atomic E-state index is 0.0507. The monoisotopic (exact) mass is 418 g/mol. The van der Waals surface area contributed by atoms with Gasteiger partial charge in [0, 0.05) is 36.3 Å². The minimum Gasteiger partial charge on any atom is -0.472 e. The number of carbonyl (C=O) groups excluding carboxylic acids is 1. The van der Waals surface area contributed by atoms with Crippen LogP contribution in [0.1, 0.15) is 35.7 Å². The van der Waals surface area contributed by atoms with Gasteiger partial charge in [0.05, 0.1) is 11.6 Å². The maximum Gasteiger partial charge on any atom is 0.255 e. The molecule has 2 bridgehead atoms. The van der Waals surface area contributed by atoms with Gasteiger partial charge in [-0.1, -0.05) is 6.07 Å². The second-order valence-electron chi connectivity index (χ2n) is 8.34. The Morgan fingerprint density at radius 3 is 2.65 bits per heavy atom. The maximum absolute atomic E-state index is 14.0. The molecule has 1 saturated carbocycles. The fourth-order valence-electron chi connectivity index (χ4n) is 4.84. The van der Waals surface area contributed by atoms with Gasteiger partial charge in [0.25, 0.3) is 5.91 Å². The van der Waals surface area contributed by atoms with Crippen LogP contribution >= 0.6 is 0 Å². The number of ether oxygens (including phenoxy) is 1. The van der Waals surface area contributed by atoms with E-state index in [0.29, 0.717) is 28.7 Å². The van der Waals surface area contributed by atoms with Crippen molar-refractivity contribution in [1.29, 1.82) is 0 Å². The summed E-state index contributed by atoms with van der Waals surface area (Å²) in [5.41, 5.74) is 1.87. The van der Waals surface area contributed by atoms with Crippen LogP contribution in [0.3, 0.4) is 0 Å². The summed E-state index contributed by atoms with van der Waals surface area (Å²) in [6.45, 7) is 4.05. The molecule has 2 aromatic heterocycles. The van der Waals surface area contributed by atoms with Crippen LogP contribution in [0.4, 0.5) is 4.39 Å². The Bertz CT molecular complexity index is 1110. The Morgan fingerprint density at radius 2 is 1.94 bits per heavy atom. The van der Waals surface area contributed by atoms with Gasteiger partial charge in [0.15, 0.2) is 5.82 Å². The lowest BCUT2D eigenvalue weighted by Crippen LogP contribution is -2.51. The number of hydrogen-bond donors (Lipinski definition) is 0. The summed E-state index contributed by atoms with van der Waals surface area (Å²) >= 11 is 0. The van der Waals surface area contributed by atoms with Gasteiger partial charge in [-0.15, -0.1) is 0 Å². The van der Waals surface area contributed by atoms with Crippen LogP contribution in [-0.2, 0) is 0 Å². The highest BCUT2D eigenvalue weighted by Crippen LogP contribution is 2.45. The first-order chi connectivity index (χ1) is 15.0. The van der Waals surface area contributed by atoms with Gasteiger partial charge < -0.3 is 9.64 Å². The van der Waals surface area contributed by atoms with Gasteiger partial charge in [0.2, 0.25) is 5.88 Å². The van der Waals surface area contributed by atoms with Crippen LogP contribution in [0.15, 0.2) is 55.0 Å². The molecule has 4 unspecified atom stereocenters. The molecule has 1 aliphatic carbocycles. The number of rotatable bonds is 4. The average molecular weight is 418 g/mol. The molecule has 2 aliphatic rings. The van der Waals surface area contributed by atoms with Crippen LogP contribution in [0.25, 0.3) is 11.4 Å². The van der Waals surface area contributed by atoms with Crippen LogP contribution in [0.2, 0.25) is 0 Å². The summed E-state index contributed by atoms with van der Waals surface area (Å²) in [5.74, 6) is 0.693. The van der Waals surface area contributed by atoms with Gasteiger partial charge in [-0.25, -0.2) is 19.3 Å². The number of fused-ring (bicyclic) bond motifs is 2. The lowest BCUT2D eigenvalue weighted by molar-refractivity contribution is 0.0314. The van der Waals surface area contributed by atoms with E-state index in [1.165, 1.54) is 18.2 Å². The Balaban J connectivity index is 1.45. The predicted molar refractivity (Wildman–Crippen MR) is 113 cm³/mol. The summed E-state index contributed by atoms with van der Waals surface area (Å²) < 4.78 is 20.2. The highest BCUT2D eigenvalue weighted by atomic mass is 19.1. The molecule has 1 saturated heterocycles. The number of halogens is 1. The third kappa shape index (κ3) is 3.54. The van der Waals surface area contributed by atoms with Crippen molar-refractivity contribution in [1.82, 2.24) is 19.9 Å². The molecule has 31 heavy (non-hydrogen) atoms. The maximum atomic E-state index is 14.0. The molecule has 4 atom stereocenters. The Labute approximate surface area is 180 Å². The Hall–Kier alpha value is -3.35. The predicted octanol–water partition coefficient (Wildman–Crippen LogP) is 4.06. The van der Waals surface area contributed by atoms with Crippen molar-refractivity contribution in [3.63, 3.8) is 0 Å². The highest BCUT2D eigenvalue weighted by molar-refractivity contribution is 6.00. The molecule has 3 heterocycles. The summed E-state index contributed by atoms with van der Waals surface area (Å²) in [6, 6.07) is 9.71. The van der Waals surface area contributed by atoms with Crippen molar-refractivity contribution in [2.24, 2.45) is 5.92 Å². The first kappa shape index (κ1) is 19.6. The van der Waals surface area contributed by atoms with E-state index in [1.807, 2.05) is 24.0 Å². The molecule has 6 nitrogen and oxygen atoms in total. The van der Waals surface area contributed by atoms with E-state index in [0.717, 1.165) is 18.4 Å². The fourth-order valence-corrected chi connectivity index (χ4v) is 4.84. The summed E-state index contributed by atoms with van der Waals surface area (Å²) in [5, 5.41) is 0. The summed E-state index contributed by atoms with van der Waals surface area (Å²) in [7, 11) is 0. The molecule has 7 heteroatoms. The van der Waals surface area contributed by atoms with E-state index in [9.17, 15) is 9.18 Å². The Morgan fingerprint density at radius 1 is 1.13 bits per heavy atom. The molecular formula is C24H23FN4O2. The van der Waals surface area contributed by atoms with Crippen LogP contribution in [0.5, 0.6) is 5.88 Å². The molecule has 1 amide bonds. The number of nitrogens with zero attached hydrogens (tertiary/aromatic N) is 4. The van der Waals surface area contributed by atoms with Gasteiger partial charge in [-0.05, 0) is 62.4 Å². The third-order valence-electron chi connectivity index (χ3n) is 6.40. The molecule has 0 spiro atoms. The lowest BCUT2D eigenvalue weighted by atomic mass is 9.97. The Kier molecular flexibility index (Phi) is 4.88. The fraction of sp³-hybridized carbons (Fsp3) is 0.333. The second-order valence-corrected chi connectivity index (χ2v) is 8.34. The highest BCUT2D eigenvalue weighted by Gasteiger charge is 2.53. The molecular weight excluding hydrogens is 395 g/mol. The zero-order valence-electron chi connectivity index (χ0n) is 17.4. The SMILES string of the molecule is Cc1ccc(OC2CC3CC2N(C(=O)c2ccc(F)cc2-c2ncccn2)C3C)nc1. The van der Waals surface area contributed by atoms with E-state index in [2.05, 4.69) is 21.9 Å². The van der Waals surface area contributed by atoms with Crippen molar-refractivity contribution in [3.05, 3.63) is 71.9 Å². The van der Waals surface area contributed by atoms with Crippen LogP contribution < -0.4 is 4.74 Å². The van der Waals surface area contributed by atoms with E-state index in [-0.39, 0.29) is 24.1 Å². The minimum atomic E-state index is -0.429. The number of piperidine rings is 1. The van der Waals surface area contributed by atoms with E-state index >= 15 is 0 Å². The largest absolute Gasteiger partial charge is 0.472 e. The molecule has 1 aliphatic heterocycles. The number of amides is 1. The number of benzene rings is 1. The number of likely N-dealkylation sites (tertiary alicyclic amines) is 1. The van der Waals surface area contributed by atoms with Crippen molar-refractivity contribution in [2.45, 2.75) is 44.9 Å². The first-order valence-electron chi connectivity index (χ1n) is 10.5. The number of pyridine rings is 1. The number of hydrogen-bond acceptors (Lipinski definition) is 5. The van der Waals surface area contributed by atoms with Gasteiger partial charge in [0.1, 0.15) is 11.9 Å². The van der Waals surface area contributed by atoms with Gasteiger partial charge >= 0.3 is 0 Å². The quantitative estimate of drug-likeness (QED) is 0.639. The zero-order valence-corrected chi connectivity index (χ0v) is 17.4. The van der Waals surface area contributed by atoms with Crippen molar-refractivity contribution in [3.8, 4) is 17.3 Å². The van der Waals surface area contributed by atoms with Crippen molar-refractivity contribution < 1.29 is 13.9 Å². The molecule has 2 fully saturated rings. The first-order valence-corrected chi connectivity index (χ1v) is 10.5. The lowest BCUT2D eigenvalue weighted by Gasteiger charge is -2.38. The van der Waals surface area contributed by atoms with Crippen molar-refractivity contribution in [2.75, 3.05) is 0 Å². The van der Waals surface area contributed by atoms with Crippen molar-refractivity contribution >= 4 is 5.91 Å². The van der Waals surface area contributed by atoms with Crippen LogP contribution in [0, 0.1) is 18.7 Å². The zero-order chi connectivity index (χ0) is 21.5. The van der Waals surface area contributed by atoms with E-state index < -0.39 is 5.82 Å². The topological polar surface area (TPSA) is 68.2 Å². The molecule has 0 radical (unpaired) electrons. The number of aryl methyl sites for hydroxylation is 1. The molecule has 3 aromatic rings. The number of aromatic nitrogens is 3. The van der Waals surface area contributed by atoms with Gasteiger partial charge in [-0.3, -0.25) is 4.79 Å². The normalized spacial score (nSPS) is 24.4. The van der Waals surface area contributed by atoms with Crippen LogP contribution in [-0.4, -0.2) is 43.9 Å². The number of carbonyl (C=O) groups is 1. The van der Waals surface area contributed by atoms with Gasteiger partial charge in [-0.2, -0.15) is 0 Å². The van der Waals surface area contributed by atoms with E-state index in [1.54, 1.807) is 24.7 Å².